The second-order valence-corrected chi connectivity index (χ2v) is 5.53. The topological polar surface area (TPSA) is 60.7 Å². The Hall–Kier alpha value is -2.19. The average Bonchev–Trinajstić information content (AvgIpc) is 2.50. The minimum absolute atomic E-state index is 0.0402. The molecule has 0 spiro atoms. The van der Waals surface area contributed by atoms with Crippen molar-refractivity contribution in [1.82, 2.24) is 19.5 Å². The molecule has 0 atom stereocenters. The third kappa shape index (κ3) is 2.61. The van der Waals surface area contributed by atoms with Gasteiger partial charge in [0, 0.05) is 6.20 Å². The van der Waals surface area contributed by atoms with E-state index in [0.717, 1.165) is 10.6 Å². The lowest BCUT2D eigenvalue weighted by atomic mass is 10.2. The van der Waals surface area contributed by atoms with Crippen molar-refractivity contribution in [2.45, 2.75) is 13.3 Å². The van der Waals surface area contributed by atoms with Gasteiger partial charge in [-0.2, -0.15) is 4.98 Å². The molecule has 24 heavy (non-hydrogen) atoms. The van der Waals surface area contributed by atoms with E-state index < -0.39 is 28.8 Å². The van der Waals surface area contributed by atoms with Crippen molar-refractivity contribution in [3.63, 3.8) is 0 Å². The summed E-state index contributed by atoms with van der Waals surface area (Å²) < 4.78 is 41.1. The molecule has 124 valence electrons. The van der Waals surface area contributed by atoms with Gasteiger partial charge in [-0.3, -0.25) is 4.98 Å². The highest BCUT2D eigenvalue weighted by atomic mass is 35.5. The number of halogens is 5. The Morgan fingerprint density at radius 1 is 1.21 bits per heavy atom. The zero-order chi connectivity index (χ0) is 17.6. The summed E-state index contributed by atoms with van der Waals surface area (Å²) in [5.74, 6) is -0.880. The first-order valence-electron chi connectivity index (χ1n) is 6.49. The summed E-state index contributed by atoms with van der Waals surface area (Å²) in [6.07, 6.45) is -1.76. The summed E-state index contributed by atoms with van der Waals surface area (Å²) in [5, 5.41) is -0.880. The van der Waals surface area contributed by atoms with Crippen LogP contribution in [0.5, 0.6) is 0 Å². The molecule has 0 saturated heterocycles. The fourth-order valence-corrected chi connectivity index (χ4v) is 2.63. The number of fused-ring (bicyclic) bond motifs is 1. The molecule has 3 rings (SSSR count). The summed E-state index contributed by atoms with van der Waals surface area (Å²) in [7, 11) is 0. The quantitative estimate of drug-likeness (QED) is 0.504. The van der Waals surface area contributed by atoms with Gasteiger partial charge in [-0.15, -0.1) is 0 Å². The van der Waals surface area contributed by atoms with Gasteiger partial charge < -0.3 is 0 Å². The van der Waals surface area contributed by atoms with Crippen molar-refractivity contribution >= 4 is 34.2 Å². The fourth-order valence-electron chi connectivity index (χ4n) is 2.29. The van der Waals surface area contributed by atoms with Crippen LogP contribution in [0.2, 0.25) is 10.3 Å². The lowest BCUT2D eigenvalue weighted by Crippen LogP contribution is -2.25. The molecular formula is C14H7Cl2F3N4O. The molecular weight excluding hydrogens is 368 g/mol. The summed E-state index contributed by atoms with van der Waals surface area (Å²) in [6, 6.07) is 2.38. The zero-order valence-corrected chi connectivity index (χ0v) is 13.4. The van der Waals surface area contributed by atoms with E-state index in [1.807, 2.05) is 0 Å². The first kappa shape index (κ1) is 16.7. The number of hydrogen-bond acceptors (Lipinski definition) is 4. The first-order valence-corrected chi connectivity index (χ1v) is 7.25. The smallest absolute Gasteiger partial charge is 0.253 e. The monoisotopic (exact) mass is 374 g/mol. The van der Waals surface area contributed by atoms with Crippen LogP contribution in [0.15, 0.2) is 23.1 Å². The van der Waals surface area contributed by atoms with E-state index >= 15 is 0 Å². The van der Waals surface area contributed by atoms with Crippen molar-refractivity contribution in [2.75, 3.05) is 0 Å². The Morgan fingerprint density at radius 2 is 1.92 bits per heavy atom. The second-order valence-electron chi connectivity index (χ2n) is 4.82. The Labute approximate surface area is 142 Å². The van der Waals surface area contributed by atoms with Crippen LogP contribution in [0.25, 0.3) is 16.7 Å². The molecule has 0 fully saturated rings. The van der Waals surface area contributed by atoms with Crippen LogP contribution in [0.1, 0.15) is 17.7 Å². The molecule has 0 aliphatic carbocycles. The van der Waals surface area contributed by atoms with Crippen LogP contribution in [0.4, 0.5) is 13.2 Å². The van der Waals surface area contributed by atoms with Crippen LogP contribution in [-0.2, 0) is 0 Å². The minimum Gasteiger partial charge on any atom is -0.253 e. The van der Waals surface area contributed by atoms with Crippen LogP contribution >= 0.6 is 23.2 Å². The van der Waals surface area contributed by atoms with Crippen molar-refractivity contribution in [3.8, 4) is 5.69 Å². The maximum Gasteiger partial charge on any atom is 0.355 e. The van der Waals surface area contributed by atoms with E-state index in [0.29, 0.717) is 5.56 Å². The molecule has 0 radical (unpaired) electrons. The van der Waals surface area contributed by atoms with Crippen molar-refractivity contribution in [1.29, 1.82) is 0 Å². The van der Waals surface area contributed by atoms with Crippen LogP contribution in [-0.4, -0.2) is 19.5 Å². The highest BCUT2D eigenvalue weighted by molar-refractivity contribution is 6.34. The van der Waals surface area contributed by atoms with E-state index in [1.165, 1.54) is 19.2 Å². The largest absolute Gasteiger partial charge is 0.355 e. The van der Waals surface area contributed by atoms with Gasteiger partial charge in [-0.25, -0.2) is 27.5 Å². The second kappa shape index (κ2) is 6.03. The molecule has 0 aromatic carbocycles. The first-order chi connectivity index (χ1) is 11.3. The molecule has 0 amide bonds. The summed E-state index contributed by atoms with van der Waals surface area (Å²) in [5.41, 5.74) is -1.65. The lowest BCUT2D eigenvalue weighted by Gasteiger charge is -2.15. The predicted molar refractivity (Wildman–Crippen MR) is 82.6 cm³/mol. The van der Waals surface area contributed by atoms with E-state index in [9.17, 15) is 18.0 Å². The van der Waals surface area contributed by atoms with Crippen molar-refractivity contribution < 1.29 is 13.2 Å². The number of rotatable bonds is 2. The number of hydrogen-bond donors (Lipinski definition) is 0. The fraction of sp³-hybridized carbons (Fsp3) is 0.143. The van der Waals surface area contributed by atoms with E-state index in [4.69, 9.17) is 23.2 Å². The van der Waals surface area contributed by atoms with Gasteiger partial charge in [0.05, 0.1) is 11.1 Å². The van der Waals surface area contributed by atoms with Gasteiger partial charge in [0.15, 0.2) is 16.6 Å². The highest BCUT2D eigenvalue weighted by Crippen LogP contribution is 2.29. The molecule has 3 aromatic heterocycles. The van der Waals surface area contributed by atoms with Crippen molar-refractivity contribution in [2.24, 2.45) is 0 Å². The Kier molecular flexibility index (Phi) is 4.18. The summed E-state index contributed by atoms with van der Waals surface area (Å²) in [4.78, 5) is 23.2. The molecule has 0 N–H and O–H groups in total. The molecule has 0 bridgehead atoms. The van der Waals surface area contributed by atoms with Gasteiger partial charge in [0.1, 0.15) is 10.8 Å². The highest BCUT2D eigenvalue weighted by Gasteiger charge is 2.23. The third-order valence-electron chi connectivity index (χ3n) is 3.32. The number of aryl methyl sites for hydroxylation is 1. The van der Waals surface area contributed by atoms with E-state index in [1.54, 1.807) is 0 Å². The zero-order valence-electron chi connectivity index (χ0n) is 11.9. The SMILES string of the molecule is Cc1ccnc(C(F)F)c1-n1c(=O)nc(Cl)c2cc(F)c(Cl)nc21. The lowest BCUT2D eigenvalue weighted by molar-refractivity contribution is 0.146. The maximum atomic E-state index is 13.6. The van der Waals surface area contributed by atoms with Crippen LogP contribution in [0.3, 0.4) is 0 Å². The average molecular weight is 375 g/mol. The Balaban J connectivity index is 2.53. The normalized spacial score (nSPS) is 11.5. The molecule has 10 heteroatoms. The van der Waals surface area contributed by atoms with Gasteiger partial charge in [-0.1, -0.05) is 23.2 Å². The van der Waals surface area contributed by atoms with Gasteiger partial charge in [0.2, 0.25) is 0 Å². The van der Waals surface area contributed by atoms with Crippen LogP contribution in [0, 0.1) is 12.7 Å². The molecule has 3 aromatic rings. The third-order valence-corrected chi connectivity index (χ3v) is 3.87. The summed E-state index contributed by atoms with van der Waals surface area (Å²) in [6.45, 7) is 1.51. The summed E-state index contributed by atoms with van der Waals surface area (Å²) >= 11 is 11.5. The Bertz CT molecular complexity index is 1020. The number of alkyl halides is 2. The molecule has 5 nitrogen and oxygen atoms in total. The molecule has 0 saturated carbocycles. The molecule has 3 heterocycles. The minimum atomic E-state index is -2.95. The van der Waals surface area contributed by atoms with Gasteiger partial charge in [0.25, 0.3) is 6.43 Å². The number of pyridine rings is 2. The maximum absolute atomic E-state index is 13.6. The predicted octanol–water partition coefficient (Wildman–Crippen LogP) is 3.87. The van der Waals surface area contributed by atoms with Gasteiger partial charge in [-0.05, 0) is 24.6 Å². The molecule has 0 aliphatic rings. The molecule has 0 aliphatic heterocycles. The van der Waals surface area contributed by atoms with E-state index in [-0.39, 0.29) is 21.9 Å². The van der Waals surface area contributed by atoms with E-state index in [2.05, 4.69) is 15.0 Å². The number of aromatic nitrogens is 4. The number of nitrogens with zero attached hydrogens (tertiary/aromatic N) is 4. The van der Waals surface area contributed by atoms with Crippen LogP contribution < -0.4 is 5.69 Å². The van der Waals surface area contributed by atoms with Crippen molar-refractivity contribution in [3.05, 3.63) is 56.2 Å². The Morgan fingerprint density at radius 3 is 2.58 bits per heavy atom. The van der Waals surface area contributed by atoms with Gasteiger partial charge >= 0.3 is 5.69 Å². The standard InChI is InChI=1S/C14H7Cl2F3N4O/c1-5-2-3-20-8(12(18)19)9(5)23-13-6(10(15)22-14(23)24)4-7(17)11(16)21-13/h2-4,12H,1H3. The molecule has 0 unspecified atom stereocenters.